The van der Waals surface area contributed by atoms with Crippen molar-refractivity contribution < 1.29 is 14.3 Å². The van der Waals surface area contributed by atoms with Crippen LogP contribution in [-0.2, 0) is 4.79 Å². The number of azo groups is 1. The number of nitriles is 1. The summed E-state index contributed by atoms with van der Waals surface area (Å²) in [6.45, 7) is 2.91. The summed E-state index contributed by atoms with van der Waals surface area (Å²) in [5.74, 6) is 0.859. The molecule has 0 amide bonds. The van der Waals surface area contributed by atoms with E-state index in [1.165, 1.54) is 25.3 Å². The fraction of sp³-hybridized carbons (Fsp3) is 0.176. The lowest BCUT2D eigenvalue weighted by molar-refractivity contribution is -0.128. The molecular weight excluding hydrogens is 498 g/mol. The molecule has 6 heteroatoms. The molecule has 0 fully saturated rings. The number of unbranched alkanes of at least 4 members (excludes halogenated alkanes) is 3. The Kier molecular flexibility index (Phi) is 10.4. The standard InChI is InChI=1S/C34H31N3O3/c1-2-3-4-5-24-39-32-19-8-26(9-20-32)10-23-34(38)40-33-21-13-29(14-22-33)28-11-17-31(18-12-28)37-36-30-15-6-27(25-35)7-16-30/h6-23H,2-5,24H2,1H3/b23-10+,37-36?. The van der Waals surface area contributed by atoms with Crippen LogP contribution in [0, 0.1) is 11.3 Å². The van der Waals surface area contributed by atoms with Gasteiger partial charge >= 0.3 is 5.97 Å². The van der Waals surface area contributed by atoms with Gasteiger partial charge in [-0.25, -0.2) is 4.79 Å². The van der Waals surface area contributed by atoms with Gasteiger partial charge in [0.15, 0.2) is 0 Å². The lowest BCUT2D eigenvalue weighted by atomic mass is 10.1. The van der Waals surface area contributed by atoms with E-state index in [-0.39, 0.29) is 0 Å². The molecule has 0 radical (unpaired) electrons. The quantitative estimate of drug-likeness (QED) is 0.0602. The summed E-state index contributed by atoms with van der Waals surface area (Å²) in [6, 6.07) is 31.7. The minimum Gasteiger partial charge on any atom is -0.494 e. The van der Waals surface area contributed by atoms with Crippen LogP contribution in [0.3, 0.4) is 0 Å². The highest BCUT2D eigenvalue weighted by molar-refractivity contribution is 5.88. The number of nitrogens with zero attached hydrogens (tertiary/aromatic N) is 3. The Labute approximate surface area is 235 Å². The Bertz CT molecular complexity index is 1470. The molecule has 0 aromatic heterocycles. The Hall–Kier alpha value is -5.02. The van der Waals surface area contributed by atoms with Gasteiger partial charge < -0.3 is 9.47 Å². The number of hydrogen-bond donors (Lipinski definition) is 0. The zero-order valence-corrected chi connectivity index (χ0v) is 22.5. The van der Waals surface area contributed by atoms with Crippen molar-refractivity contribution in [2.75, 3.05) is 6.61 Å². The van der Waals surface area contributed by atoms with Crippen molar-refractivity contribution in [2.24, 2.45) is 10.2 Å². The van der Waals surface area contributed by atoms with Crippen LogP contribution in [0.1, 0.15) is 43.7 Å². The van der Waals surface area contributed by atoms with E-state index in [1.807, 2.05) is 60.7 Å². The number of esters is 1. The predicted molar refractivity (Wildman–Crippen MR) is 158 cm³/mol. The molecule has 4 aromatic carbocycles. The summed E-state index contributed by atoms with van der Waals surface area (Å²) < 4.78 is 11.2. The first-order valence-corrected chi connectivity index (χ1v) is 13.4. The highest BCUT2D eigenvalue weighted by Gasteiger charge is 2.03. The molecule has 0 atom stereocenters. The third-order valence-corrected chi connectivity index (χ3v) is 6.11. The molecule has 200 valence electrons. The van der Waals surface area contributed by atoms with Crippen molar-refractivity contribution in [3.63, 3.8) is 0 Å². The largest absolute Gasteiger partial charge is 0.494 e. The topological polar surface area (TPSA) is 84.0 Å². The number of hydrogen-bond acceptors (Lipinski definition) is 6. The van der Waals surface area contributed by atoms with E-state index >= 15 is 0 Å². The molecule has 0 N–H and O–H groups in total. The van der Waals surface area contributed by atoms with Crippen LogP contribution in [0.25, 0.3) is 17.2 Å². The molecule has 0 saturated carbocycles. The van der Waals surface area contributed by atoms with E-state index in [9.17, 15) is 4.79 Å². The first-order valence-electron chi connectivity index (χ1n) is 13.4. The second-order valence-corrected chi connectivity index (χ2v) is 9.16. The van der Waals surface area contributed by atoms with E-state index in [0.29, 0.717) is 17.0 Å². The Morgan fingerprint density at radius 2 is 1.32 bits per heavy atom. The van der Waals surface area contributed by atoms with Gasteiger partial charge in [-0.3, -0.25) is 0 Å². The van der Waals surface area contributed by atoms with Crippen molar-refractivity contribution in [2.45, 2.75) is 32.6 Å². The molecule has 4 aromatic rings. The average Bonchev–Trinajstić information content (AvgIpc) is 3.00. The van der Waals surface area contributed by atoms with E-state index in [2.05, 4.69) is 23.2 Å². The molecule has 6 nitrogen and oxygen atoms in total. The predicted octanol–water partition coefficient (Wildman–Crippen LogP) is 9.22. The van der Waals surface area contributed by atoms with Gasteiger partial charge in [0.25, 0.3) is 0 Å². The van der Waals surface area contributed by atoms with E-state index in [4.69, 9.17) is 14.7 Å². The summed E-state index contributed by atoms with van der Waals surface area (Å²) in [5.41, 5.74) is 4.86. The smallest absolute Gasteiger partial charge is 0.336 e. The maximum absolute atomic E-state index is 12.3. The van der Waals surface area contributed by atoms with Crippen LogP contribution in [0.4, 0.5) is 11.4 Å². The summed E-state index contributed by atoms with van der Waals surface area (Å²) >= 11 is 0. The van der Waals surface area contributed by atoms with E-state index in [0.717, 1.165) is 41.2 Å². The Balaban J connectivity index is 1.26. The average molecular weight is 530 g/mol. The van der Waals surface area contributed by atoms with Crippen LogP contribution in [0.2, 0.25) is 0 Å². The summed E-state index contributed by atoms with van der Waals surface area (Å²) in [6.07, 6.45) is 7.83. The lowest BCUT2D eigenvalue weighted by Gasteiger charge is -2.06. The van der Waals surface area contributed by atoms with Crippen LogP contribution < -0.4 is 9.47 Å². The fourth-order valence-corrected chi connectivity index (χ4v) is 3.86. The molecule has 0 spiro atoms. The lowest BCUT2D eigenvalue weighted by Crippen LogP contribution is -2.03. The summed E-state index contributed by atoms with van der Waals surface area (Å²) in [5, 5.41) is 17.3. The minimum atomic E-state index is -0.444. The van der Waals surface area contributed by atoms with E-state index in [1.54, 1.807) is 42.5 Å². The van der Waals surface area contributed by atoms with Gasteiger partial charge in [0.05, 0.1) is 29.6 Å². The SMILES string of the molecule is CCCCCCOc1ccc(/C=C/C(=O)Oc2ccc(-c3ccc(N=Nc4ccc(C#N)cc4)cc3)cc2)cc1. The van der Waals surface area contributed by atoms with Gasteiger partial charge in [-0.05, 0) is 89.9 Å². The number of benzene rings is 4. The van der Waals surface area contributed by atoms with Gasteiger partial charge in [0.1, 0.15) is 11.5 Å². The third kappa shape index (κ3) is 8.78. The van der Waals surface area contributed by atoms with Gasteiger partial charge in [-0.15, -0.1) is 0 Å². The van der Waals surface area contributed by atoms with Crippen molar-refractivity contribution in [3.05, 3.63) is 114 Å². The summed E-state index contributed by atoms with van der Waals surface area (Å²) in [7, 11) is 0. The number of ether oxygens (including phenoxy) is 2. The Morgan fingerprint density at radius 3 is 1.93 bits per heavy atom. The van der Waals surface area contributed by atoms with Crippen molar-refractivity contribution in [1.82, 2.24) is 0 Å². The molecule has 0 heterocycles. The zero-order chi connectivity index (χ0) is 28.0. The minimum absolute atomic E-state index is 0.444. The Morgan fingerprint density at radius 1 is 0.750 bits per heavy atom. The normalized spacial score (nSPS) is 11.0. The molecule has 0 bridgehead atoms. The first kappa shape index (κ1) is 28.0. The van der Waals surface area contributed by atoms with Crippen molar-refractivity contribution in [3.8, 4) is 28.7 Å². The zero-order valence-electron chi connectivity index (χ0n) is 22.5. The van der Waals surface area contributed by atoms with Crippen LogP contribution in [-0.4, -0.2) is 12.6 Å². The highest BCUT2D eigenvalue weighted by Crippen LogP contribution is 2.26. The number of carbonyl (C=O) groups excluding carboxylic acids is 1. The van der Waals surface area contributed by atoms with Gasteiger partial charge in [0, 0.05) is 6.08 Å². The highest BCUT2D eigenvalue weighted by atomic mass is 16.5. The van der Waals surface area contributed by atoms with Crippen LogP contribution in [0.15, 0.2) is 113 Å². The molecule has 0 saturated heterocycles. The third-order valence-electron chi connectivity index (χ3n) is 6.11. The fourth-order valence-electron chi connectivity index (χ4n) is 3.86. The van der Waals surface area contributed by atoms with Gasteiger partial charge in [-0.1, -0.05) is 62.6 Å². The van der Waals surface area contributed by atoms with Gasteiger partial charge in [0.2, 0.25) is 0 Å². The van der Waals surface area contributed by atoms with Crippen molar-refractivity contribution in [1.29, 1.82) is 5.26 Å². The molecule has 40 heavy (non-hydrogen) atoms. The van der Waals surface area contributed by atoms with Crippen LogP contribution in [0.5, 0.6) is 11.5 Å². The second-order valence-electron chi connectivity index (χ2n) is 9.16. The number of carbonyl (C=O) groups is 1. The molecule has 0 aliphatic rings. The maximum Gasteiger partial charge on any atom is 0.336 e. The molecule has 4 rings (SSSR count). The first-order chi connectivity index (χ1) is 19.6. The molecule has 0 aliphatic heterocycles. The molecular formula is C34H31N3O3. The van der Waals surface area contributed by atoms with Crippen LogP contribution >= 0.6 is 0 Å². The number of rotatable bonds is 12. The van der Waals surface area contributed by atoms with Gasteiger partial charge in [-0.2, -0.15) is 15.5 Å². The summed E-state index contributed by atoms with van der Waals surface area (Å²) in [4.78, 5) is 12.3. The van der Waals surface area contributed by atoms with E-state index < -0.39 is 5.97 Å². The monoisotopic (exact) mass is 529 g/mol. The van der Waals surface area contributed by atoms with Crippen molar-refractivity contribution >= 4 is 23.4 Å². The second kappa shape index (κ2) is 14.8. The molecule has 0 unspecified atom stereocenters. The maximum atomic E-state index is 12.3. The molecule has 0 aliphatic carbocycles.